The van der Waals surface area contributed by atoms with Gasteiger partial charge in [0.25, 0.3) is 0 Å². The number of benzene rings is 3. The number of rotatable bonds is 8. The summed E-state index contributed by atoms with van der Waals surface area (Å²) in [6, 6.07) is 19.8. The molecule has 0 atom stereocenters. The molecule has 0 saturated carbocycles. The summed E-state index contributed by atoms with van der Waals surface area (Å²) in [5.41, 5.74) is 4.78. The topological polar surface area (TPSA) is 80.0 Å². The highest BCUT2D eigenvalue weighted by Gasteiger charge is 2.26. The monoisotopic (exact) mass is 516 g/mol. The molecule has 0 radical (unpaired) electrons. The van der Waals surface area contributed by atoms with Gasteiger partial charge in [0.1, 0.15) is 22.5 Å². The van der Waals surface area contributed by atoms with Gasteiger partial charge in [0.2, 0.25) is 5.91 Å². The van der Waals surface area contributed by atoms with E-state index in [0.29, 0.717) is 11.4 Å². The SMILES string of the molecule is CCCC(C)(C)C(=O)Nc1ccc(-n2nc3ccc(SCc4ccc(C(C)(C)C)cc4)cc3n2)c(O)c1. The minimum absolute atomic E-state index is 0.000272. The van der Waals surface area contributed by atoms with Crippen LogP contribution in [0.25, 0.3) is 16.7 Å². The number of hydrogen-bond donors (Lipinski definition) is 2. The van der Waals surface area contributed by atoms with Gasteiger partial charge in [-0.2, -0.15) is 0 Å². The predicted octanol–water partition coefficient (Wildman–Crippen LogP) is 7.48. The van der Waals surface area contributed by atoms with Gasteiger partial charge >= 0.3 is 0 Å². The van der Waals surface area contributed by atoms with Gasteiger partial charge < -0.3 is 10.4 Å². The van der Waals surface area contributed by atoms with Crippen LogP contribution in [0.15, 0.2) is 65.6 Å². The van der Waals surface area contributed by atoms with Gasteiger partial charge in [-0.25, -0.2) is 0 Å². The van der Waals surface area contributed by atoms with Crippen molar-refractivity contribution in [3.05, 3.63) is 71.8 Å². The Kier molecular flexibility index (Phi) is 7.64. The molecule has 6 nitrogen and oxygen atoms in total. The number of nitrogens with one attached hydrogen (secondary N) is 1. The van der Waals surface area contributed by atoms with Crippen molar-refractivity contribution in [1.29, 1.82) is 0 Å². The molecule has 1 aromatic heterocycles. The number of nitrogens with zero attached hydrogens (tertiary/aromatic N) is 3. The molecule has 194 valence electrons. The third-order valence-electron chi connectivity index (χ3n) is 6.52. The van der Waals surface area contributed by atoms with Crippen LogP contribution in [0.1, 0.15) is 65.5 Å². The van der Waals surface area contributed by atoms with Crippen molar-refractivity contribution >= 4 is 34.4 Å². The maximum atomic E-state index is 12.6. The molecule has 0 unspecified atom stereocenters. The average molecular weight is 517 g/mol. The highest BCUT2D eigenvalue weighted by atomic mass is 32.2. The number of phenols is 1. The second kappa shape index (κ2) is 10.6. The van der Waals surface area contributed by atoms with Crippen LogP contribution in [0, 0.1) is 5.41 Å². The molecule has 7 heteroatoms. The minimum atomic E-state index is -0.476. The Labute approximate surface area is 223 Å². The molecule has 0 aliphatic heterocycles. The average Bonchev–Trinajstić information content (AvgIpc) is 3.25. The number of aromatic hydroxyl groups is 1. The summed E-state index contributed by atoms with van der Waals surface area (Å²) in [4.78, 5) is 15.2. The van der Waals surface area contributed by atoms with Crippen LogP contribution in [0.3, 0.4) is 0 Å². The highest BCUT2D eigenvalue weighted by molar-refractivity contribution is 7.98. The second-order valence-corrected chi connectivity index (χ2v) is 12.2. The molecule has 0 aliphatic carbocycles. The van der Waals surface area contributed by atoms with E-state index in [1.54, 1.807) is 23.9 Å². The Morgan fingerprint density at radius 3 is 2.30 bits per heavy atom. The Morgan fingerprint density at radius 1 is 0.946 bits per heavy atom. The number of carbonyl (C=O) groups is 1. The van der Waals surface area contributed by atoms with Crippen molar-refractivity contribution in [3.8, 4) is 11.4 Å². The van der Waals surface area contributed by atoms with E-state index >= 15 is 0 Å². The third kappa shape index (κ3) is 6.34. The molecular weight excluding hydrogens is 480 g/mol. The van der Waals surface area contributed by atoms with Crippen molar-refractivity contribution in [2.75, 3.05) is 5.32 Å². The fraction of sp³-hybridized carbons (Fsp3) is 0.367. The quantitative estimate of drug-likeness (QED) is 0.237. The van der Waals surface area contributed by atoms with E-state index in [1.165, 1.54) is 22.0 Å². The van der Waals surface area contributed by atoms with Crippen molar-refractivity contribution in [3.63, 3.8) is 0 Å². The summed E-state index contributed by atoms with van der Waals surface area (Å²) < 4.78 is 0. The number of thioether (sulfide) groups is 1. The molecular formula is C30H36N4O2S. The zero-order valence-electron chi connectivity index (χ0n) is 22.5. The lowest BCUT2D eigenvalue weighted by Gasteiger charge is -2.23. The fourth-order valence-electron chi connectivity index (χ4n) is 4.17. The van der Waals surface area contributed by atoms with Crippen LogP contribution in [-0.4, -0.2) is 26.0 Å². The van der Waals surface area contributed by atoms with Gasteiger partial charge in [0.15, 0.2) is 0 Å². The summed E-state index contributed by atoms with van der Waals surface area (Å²) in [6.45, 7) is 12.6. The zero-order valence-corrected chi connectivity index (χ0v) is 23.3. The molecule has 0 spiro atoms. The number of amides is 1. The Hall–Kier alpha value is -3.32. The molecule has 1 heterocycles. The van der Waals surface area contributed by atoms with E-state index in [2.05, 4.69) is 67.5 Å². The fourth-order valence-corrected chi connectivity index (χ4v) is 5.05. The maximum Gasteiger partial charge on any atom is 0.230 e. The second-order valence-electron chi connectivity index (χ2n) is 11.2. The van der Waals surface area contributed by atoms with Gasteiger partial charge in [-0.1, -0.05) is 72.2 Å². The number of hydrogen-bond acceptors (Lipinski definition) is 5. The molecule has 2 N–H and O–H groups in total. The van der Waals surface area contributed by atoms with Gasteiger partial charge in [0.05, 0.1) is 0 Å². The standard InChI is InChI=1S/C30H36N4O2S/c1-7-16-30(5,6)28(36)31-22-12-15-26(27(35)17-22)34-32-24-14-13-23(18-25(24)33-34)37-19-20-8-10-21(11-9-20)29(2,3)4/h8-15,17-18,35H,7,16,19H2,1-6H3,(H,31,36). The third-order valence-corrected chi connectivity index (χ3v) is 7.58. The number of phenolic OH excluding ortho intramolecular Hbond substituents is 1. The molecule has 37 heavy (non-hydrogen) atoms. The van der Waals surface area contributed by atoms with E-state index in [-0.39, 0.29) is 17.1 Å². The number of aromatic nitrogens is 3. The van der Waals surface area contributed by atoms with Crippen molar-refractivity contribution in [1.82, 2.24) is 15.0 Å². The minimum Gasteiger partial charge on any atom is -0.506 e. The lowest BCUT2D eigenvalue weighted by Crippen LogP contribution is -2.30. The lowest BCUT2D eigenvalue weighted by atomic mass is 9.87. The molecule has 0 fully saturated rings. The smallest absolute Gasteiger partial charge is 0.230 e. The van der Waals surface area contributed by atoms with E-state index in [9.17, 15) is 9.90 Å². The van der Waals surface area contributed by atoms with Crippen LogP contribution < -0.4 is 5.32 Å². The maximum absolute atomic E-state index is 12.6. The zero-order chi connectivity index (χ0) is 26.8. The van der Waals surface area contributed by atoms with Crippen LogP contribution in [0.4, 0.5) is 5.69 Å². The molecule has 0 saturated heterocycles. The summed E-state index contributed by atoms with van der Waals surface area (Å²) in [6.07, 6.45) is 1.71. The lowest BCUT2D eigenvalue weighted by molar-refractivity contribution is -0.124. The first-order valence-corrected chi connectivity index (χ1v) is 13.7. The van der Waals surface area contributed by atoms with E-state index in [4.69, 9.17) is 0 Å². The Balaban J connectivity index is 1.46. The normalized spacial score (nSPS) is 12.2. The van der Waals surface area contributed by atoms with Gasteiger partial charge in [-0.3, -0.25) is 4.79 Å². The summed E-state index contributed by atoms with van der Waals surface area (Å²) in [5, 5.41) is 22.7. The van der Waals surface area contributed by atoms with Crippen LogP contribution in [-0.2, 0) is 16.0 Å². The van der Waals surface area contributed by atoms with Crippen LogP contribution in [0.5, 0.6) is 5.75 Å². The molecule has 4 aromatic rings. The van der Waals surface area contributed by atoms with Crippen molar-refractivity contribution in [2.45, 2.75) is 70.4 Å². The van der Waals surface area contributed by atoms with Gasteiger partial charge in [-0.15, -0.1) is 26.8 Å². The first-order valence-electron chi connectivity index (χ1n) is 12.7. The first kappa shape index (κ1) is 26.7. The van der Waals surface area contributed by atoms with Crippen molar-refractivity contribution in [2.24, 2.45) is 5.41 Å². The molecule has 0 bridgehead atoms. The van der Waals surface area contributed by atoms with Crippen LogP contribution >= 0.6 is 11.8 Å². The molecule has 3 aromatic carbocycles. The summed E-state index contributed by atoms with van der Waals surface area (Å²) in [7, 11) is 0. The van der Waals surface area contributed by atoms with E-state index in [0.717, 1.165) is 34.5 Å². The molecule has 4 rings (SSSR count). The molecule has 0 aliphatic rings. The van der Waals surface area contributed by atoms with Crippen LogP contribution in [0.2, 0.25) is 0 Å². The number of fused-ring (bicyclic) bond motifs is 1. The Morgan fingerprint density at radius 2 is 1.65 bits per heavy atom. The number of anilines is 1. The first-order chi connectivity index (χ1) is 17.5. The summed E-state index contributed by atoms with van der Waals surface area (Å²) in [5.74, 6) is 0.798. The summed E-state index contributed by atoms with van der Waals surface area (Å²) >= 11 is 1.76. The highest BCUT2D eigenvalue weighted by Crippen LogP contribution is 2.30. The molecule has 1 amide bonds. The largest absolute Gasteiger partial charge is 0.506 e. The van der Waals surface area contributed by atoms with E-state index in [1.807, 2.05) is 32.0 Å². The van der Waals surface area contributed by atoms with Crippen molar-refractivity contribution < 1.29 is 9.90 Å². The van der Waals surface area contributed by atoms with E-state index < -0.39 is 5.41 Å². The predicted molar refractivity (Wildman–Crippen MR) is 153 cm³/mol. The number of carbonyl (C=O) groups excluding carboxylic acids is 1. The van der Waals surface area contributed by atoms with Gasteiger partial charge in [0, 0.05) is 27.8 Å². The van der Waals surface area contributed by atoms with Gasteiger partial charge in [-0.05, 0) is 53.3 Å². The Bertz CT molecular complexity index is 1400.